The van der Waals surface area contributed by atoms with Crippen LogP contribution in [0.25, 0.3) is 0 Å². The molecule has 1 rings (SSSR count). The highest BCUT2D eigenvalue weighted by molar-refractivity contribution is 4.89. The molecule has 0 spiro atoms. The Morgan fingerprint density at radius 1 is 1.27 bits per heavy atom. The zero-order chi connectivity index (χ0) is 11.3. The third-order valence-electron chi connectivity index (χ3n) is 3.87. The van der Waals surface area contributed by atoms with Gasteiger partial charge >= 0.3 is 0 Å². The Bertz CT molecular complexity index is 169. The Kier molecular flexibility index (Phi) is 5.07. The molecule has 1 unspecified atom stereocenters. The summed E-state index contributed by atoms with van der Waals surface area (Å²) in [7, 11) is 2.28. The van der Waals surface area contributed by atoms with Crippen molar-refractivity contribution in [2.75, 3.05) is 20.1 Å². The Morgan fingerprint density at radius 3 is 2.40 bits per heavy atom. The second-order valence-electron chi connectivity index (χ2n) is 5.33. The lowest BCUT2D eigenvalue weighted by atomic mass is 9.90. The van der Waals surface area contributed by atoms with Gasteiger partial charge in [0.05, 0.1) is 0 Å². The summed E-state index contributed by atoms with van der Waals surface area (Å²) in [4.78, 5) is 2.54. The van der Waals surface area contributed by atoms with Crippen LogP contribution >= 0.6 is 0 Å². The Hall–Kier alpha value is -0.0800. The summed E-state index contributed by atoms with van der Waals surface area (Å²) in [5.74, 6) is 0. The molecular formula is C13H28N2. The van der Waals surface area contributed by atoms with E-state index in [1.165, 1.54) is 45.2 Å². The van der Waals surface area contributed by atoms with Gasteiger partial charge in [0.25, 0.3) is 0 Å². The molecule has 1 aliphatic heterocycles. The molecule has 0 amide bonds. The molecule has 2 heteroatoms. The highest BCUT2D eigenvalue weighted by atomic mass is 15.2. The van der Waals surface area contributed by atoms with Crippen molar-refractivity contribution in [2.45, 2.75) is 64.5 Å². The van der Waals surface area contributed by atoms with Crippen LogP contribution in [0.2, 0.25) is 0 Å². The molecule has 1 heterocycles. The van der Waals surface area contributed by atoms with Crippen molar-refractivity contribution < 1.29 is 0 Å². The van der Waals surface area contributed by atoms with Gasteiger partial charge in [0.2, 0.25) is 0 Å². The molecule has 1 atom stereocenters. The number of nitrogens with one attached hydrogen (secondary N) is 1. The van der Waals surface area contributed by atoms with Crippen molar-refractivity contribution in [1.29, 1.82) is 0 Å². The van der Waals surface area contributed by atoms with E-state index in [4.69, 9.17) is 0 Å². The van der Waals surface area contributed by atoms with Crippen LogP contribution in [0.4, 0.5) is 0 Å². The van der Waals surface area contributed by atoms with Crippen LogP contribution in [0.3, 0.4) is 0 Å². The highest BCUT2D eigenvalue weighted by Gasteiger charge is 2.28. The van der Waals surface area contributed by atoms with Crippen LogP contribution in [-0.2, 0) is 0 Å². The number of hydrogen-bond donors (Lipinski definition) is 1. The van der Waals surface area contributed by atoms with E-state index >= 15 is 0 Å². The fraction of sp³-hybridized carbons (Fsp3) is 1.00. The summed E-state index contributed by atoms with van der Waals surface area (Å²) in [6, 6.07) is 0.755. The van der Waals surface area contributed by atoms with Crippen molar-refractivity contribution in [3.05, 3.63) is 0 Å². The molecule has 0 saturated carbocycles. The van der Waals surface area contributed by atoms with Crippen LogP contribution in [0.5, 0.6) is 0 Å². The van der Waals surface area contributed by atoms with Crippen LogP contribution < -0.4 is 5.32 Å². The number of likely N-dealkylation sites (N-methyl/N-ethyl adjacent to an activating group) is 1. The molecule has 2 nitrogen and oxygen atoms in total. The molecule has 0 radical (unpaired) electrons. The van der Waals surface area contributed by atoms with Gasteiger partial charge in [-0.1, -0.05) is 20.3 Å². The van der Waals surface area contributed by atoms with Gasteiger partial charge in [-0.25, -0.2) is 0 Å². The fourth-order valence-electron chi connectivity index (χ4n) is 2.85. The Labute approximate surface area is 95.4 Å². The first-order valence-corrected chi connectivity index (χ1v) is 6.56. The zero-order valence-corrected chi connectivity index (χ0v) is 11.0. The van der Waals surface area contributed by atoms with Crippen LogP contribution in [-0.4, -0.2) is 36.6 Å². The largest absolute Gasteiger partial charge is 0.310 e. The van der Waals surface area contributed by atoms with E-state index in [0.717, 1.165) is 6.04 Å². The lowest BCUT2D eigenvalue weighted by molar-refractivity contribution is 0.144. The second-order valence-corrected chi connectivity index (χ2v) is 5.33. The summed E-state index contributed by atoms with van der Waals surface area (Å²) in [6.45, 7) is 9.36. The van der Waals surface area contributed by atoms with Crippen molar-refractivity contribution in [1.82, 2.24) is 10.2 Å². The molecule has 1 fully saturated rings. The minimum atomic E-state index is 0.357. The molecule has 1 N–H and O–H groups in total. The molecule has 0 aromatic carbocycles. The van der Waals surface area contributed by atoms with E-state index in [-0.39, 0.29) is 0 Å². The highest BCUT2D eigenvalue weighted by Crippen LogP contribution is 2.21. The molecule has 0 aliphatic carbocycles. The van der Waals surface area contributed by atoms with Gasteiger partial charge in [-0.2, -0.15) is 0 Å². The van der Waals surface area contributed by atoms with Gasteiger partial charge < -0.3 is 10.2 Å². The van der Waals surface area contributed by atoms with Crippen molar-refractivity contribution in [3.63, 3.8) is 0 Å². The van der Waals surface area contributed by atoms with Crippen LogP contribution in [0, 0.1) is 0 Å². The lowest BCUT2D eigenvalue weighted by Crippen LogP contribution is -2.54. The van der Waals surface area contributed by atoms with Crippen LogP contribution in [0.1, 0.15) is 52.9 Å². The molecule has 0 bridgehead atoms. The minimum absolute atomic E-state index is 0.357. The summed E-state index contributed by atoms with van der Waals surface area (Å²) >= 11 is 0. The predicted octanol–water partition coefficient (Wildman–Crippen LogP) is 2.64. The monoisotopic (exact) mass is 212 g/mol. The first kappa shape index (κ1) is 13.0. The van der Waals surface area contributed by atoms with Gasteiger partial charge in [-0.15, -0.1) is 0 Å². The zero-order valence-electron chi connectivity index (χ0n) is 11.0. The summed E-state index contributed by atoms with van der Waals surface area (Å²) in [5.41, 5.74) is 0.357. The van der Waals surface area contributed by atoms with E-state index in [1.807, 2.05) is 0 Å². The maximum atomic E-state index is 3.69. The van der Waals surface area contributed by atoms with Crippen molar-refractivity contribution >= 4 is 0 Å². The number of hydrogen-bond acceptors (Lipinski definition) is 2. The number of nitrogens with zero attached hydrogens (tertiary/aromatic N) is 1. The first-order valence-electron chi connectivity index (χ1n) is 6.56. The van der Waals surface area contributed by atoms with E-state index < -0.39 is 0 Å². The lowest BCUT2D eigenvalue weighted by Gasteiger charge is -2.40. The van der Waals surface area contributed by atoms with Gasteiger partial charge in [0.1, 0.15) is 0 Å². The standard InChI is InChI=1S/C13H28N2/c1-5-12(6-2)15(4)11-13(3)9-7-8-10-14-13/h12,14H,5-11H2,1-4H3. The van der Waals surface area contributed by atoms with E-state index in [1.54, 1.807) is 0 Å². The quantitative estimate of drug-likeness (QED) is 0.753. The second kappa shape index (κ2) is 5.86. The predicted molar refractivity (Wildman–Crippen MR) is 67.3 cm³/mol. The van der Waals surface area contributed by atoms with E-state index in [2.05, 4.69) is 38.0 Å². The van der Waals surface area contributed by atoms with Crippen LogP contribution in [0.15, 0.2) is 0 Å². The fourth-order valence-corrected chi connectivity index (χ4v) is 2.85. The first-order chi connectivity index (χ1) is 7.11. The summed E-state index contributed by atoms with van der Waals surface area (Å²) in [6.07, 6.45) is 6.61. The Balaban J connectivity index is 2.44. The van der Waals surface area contributed by atoms with Gasteiger partial charge in [-0.05, 0) is 46.2 Å². The summed E-state index contributed by atoms with van der Waals surface area (Å²) in [5, 5.41) is 3.69. The average molecular weight is 212 g/mol. The summed E-state index contributed by atoms with van der Waals surface area (Å²) < 4.78 is 0. The molecule has 1 aliphatic rings. The van der Waals surface area contributed by atoms with Crippen molar-refractivity contribution in [2.24, 2.45) is 0 Å². The molecule has 1 saturated heterocycles. The molecule has 0 aromatic rings. The van der Waals surface area contributed by atoms with E-state index in [9.17, 15) is 0 Å². The Morgan fingerprint density at radius 2 is 1.93 bits per heavy atom. The smallest absolute Gasteiger partial charge is 0.0280 e. The normalized spacial score (nSPS) is 27.6. The average Bonchev–Trinajstić information content (AvgIpc) is 2.19. The van der Waals surface area contributed by atoms with Gasteiger partial charge in [-0.3, -0.25) is 0 Å². The minimum Gasteiger partial charge on any atom is -0.310 e. The molecular weight excluding hydrogens is 184 g/mol. The third-order valence-corrected chi connectivity index (χ3v) is 3.87. The van der Waals surface area contributed by atoms with E-state index in [0.29, 0.717) is 5.54 Å². The number of rotatable bonds is 5. The topological polar surface area (TPSA) is 15.3 Å². The SMILES string of the molecule is CCC(CC)N(C)CC1(C)CCCCN1. The number of piperidine rings is 1. The molecule has 90 valence electrons. The van der Waals surface area contributed by atoms with Crippen molar-refractivity contribution in [3.8, 4) is 0 Å². The maximum absolute atomic E-state index is 3.69. The third kappa shape index (κ3) is 3.76. The van der Waals surface area contributed by atoms with Gasteiger partial charge in [0, 0.05) is 18.1 Å². The maximum Gasteiger partial charge on any atom is 0.0280 e. The molecule has 0 aromatic heterocycles. The van der Waals surface area contributed by atoms with Gasteiger partial charge in [0.15, 0.2) is 0 Å². The molecule has 15 heavy (non-hydrogen) atoms.